The van der Waals surface area contributed by atoms with Crippen molar-refractivity contribution in [2.45, 2.75) is 0 Å². The van der Waals surface area contributed by atoms with E-state index >= 15 is 0 Å². The van der Waals surface area contributed by atoms with Gasteiger partial charge in [-0.1, -0.05) is 0 Å². The fourth-order valence-corrected chi connectivity index (χ4v) is 0.167. The zero-order chi connectivity index (χ0) is 3.54. The smallest absolute Gasteiger partial charge is 0.137 e. The lowest BCUT2D eigenvalue weighted by Crippen LogP contribution is -1.53. The first-order valence-corrected chi connectivity index (χ1v) is 1.29. The van der Waals surface area contributed by atoms with Gasteiger partial charge in [0.2, 0.25) is 0 Å². The second-order valence-electron chi connectivity index (χ2n) is 0.652. The van der Waals surface area contributed by atoms with E-state index in [4.69, 9.17) is 0 Å². The van der Waals surface area contributed by atoms with Crippen LogP contribution in [0.1, 0.15) is 0 Å². The number of hydrogen-bond acceptors (Lipinski definition) is 2. The molecule has 0 aliphatic heterocycles. The topological polar surface area (TPSA) is 41.6 Å². The quantitative estimate of drug-likeness (QED) is 0.461. The highest BCUT2D eigenvalue weighted by atomic mass is 15.7. The van der Waals surface area contributed by atoms with Crippen molar-refractivity contribution in [3.63, 3.8) is 0 Å². The van der Waals surface area contributed by atoms with E-state index in [1.165, 1.54) is 12.7 Å². The molecular weight excluding hydrogens is 69.0 g/mol. The van der Waals surface area contributed by atoms with Crippen LogP contribution in [0.25, 0.3) is 0 Å². The van der Waals surface area contributed by atoms with Gasteiger partial charge in [0, 0.05) is 0 Å². The van der Waals surface area contributed by atoms with Crippen LogP contribution in [0.3, 0.4) is 0 Å². The summed E-state index contributed by atoms with van der Waals surface area (Å²) >= 11 is 0. The van der Waals surface area contributed by atoms with E-state index in [1.807, 2.05) is 0 Å². The number of hydrogen-bond donors (Lipinski definition) is 1. The predicted octanol–water partition coefficient (Wildman–Crippen LogP) is -0.195. The van der Waals surface area contributed by atoms with Crippen LogP contribution >= 0.6 is 0 Å². The van der Waals surface area contributed by atoms with Crippen molar-refractivity contribution in [3.8, 4) is 0 Å². The average molecular weight is 72.0 g/mol. The highest BCUT2D eigenvalue weighted by molar-refractivity contribution is 4.43. The predicted molar refractivity (Wildman–Crippen MR) is 16.4 cm³/mol. The number of rotatable bonds is 0. The van der Waals surface area contributed by atoms with Gasteiger partial charge in [-0.2, -0.15) is 5.10 Å². The molecule has 1 aromatic heterocycles. The molecule has 3 heteroatoms. The molecule has 26 valence electrons. The summed E-state index contributed by atoms with van der Waals surface area (Å²) in [6.07, 6.45) is 2.96. The second-order valence-corrected chi connectivity index (χ2v) is 0.652. The molecule has 0 bridgehead atoms. The maximum Gasteiger partial charge on any atom is 0.137 e. The Morgan fingerprint density at radius 1 is 1.60 bits per heavy atom. The van der Waals surface area contributed by atoms with Crippen molar-refractivity contribution in [1.82, 2.24) is 15.2 Å². The van der Waals surface area contributed by atoms with Crippen LogP contribution in [-0.2, 0) is 0 Å². The minimum absolute atomic E-state index is 1.44. The molecule has 0 fully saturated rings. The molecule has 0 amide bonds. The summed E-state index contributed by atoms with van der Waals surface area (Å²) in [5, 5.41) is 5.99. The molecule has 0 aliphatic rings. The van der Waals surface area contributed by atoms with Crippen molar-refractivity contribution >= 4 is 0 Å². The van der Waals surface area contributed by atoms with Gasteiger partial charge in [-0.25, -0.2) is 4.98 Å². The largest absolute Gasteiger partial charge is 0.266 e. The number of aromatic nitrogens is 3. The average Bonchev–Trinajstić information content (AvgIpc) is 1.76. The van der Waals surface area contributed by atoms with Gasteiger partial charge >= 0.3 is 0 Å². The maximum absolute atomic E-state index is 3.56. The van der Waals surface area contributed by atoms with Crippen molar-refractivity contribution in [2.24, 2.45) is 0 Å². The molecule has 1 aromatic rings. The van der Waals surface area contributed by atoms with Crippen molar-refractivity contribution in [2.75, 3.05) is 0 Å². The van der Waals surface area contributed by atoms with Gasteiger partial charge in [-0.05, 0) is 0 Å². The van der Waals surface area contributed by atoms with Gasteiger partial charge in [-0.15, -0.1) is 0 Å². The Hall–Kier alpha value is -0.860. The molecule has 1 N–H and O–H groups in total. The lowest BCUT2D eigenvalue weighted by atomic mass is 12.3. The van der Waals surface area contributed by atoms with E-state index in [2.05, 4.69) is 15.2 Å². The lowest BCUT2D eigenvalue weighted by molar-refractivity contribution is 1.09. The first kappa shape index (κ1) is 2.38. The van der Waals surface area contributed by atoms with Crippen LogP contribution in [0.2, 0.25) is 0 Å². The molecule has 0 atom stereocenters. The Balaban J connectivity index is 3.13. The molecule has 1 heterocycles. The minimum Gasteiger partial charge on any atom is -0.266 e. The SMILES string of the molecule is [13cH]1n[nH][13cH][15n]1. The number of aromatic amines is 1. The fourth-order valence-electron chi connectivity index (χ4n) is 0.167. The molecule has 0 unspecified atom stereocenters. The van der Waals surface area contributed by atoms with Crippen LogP contribution in [0.5, 0.6) is 0 Å². The Labute approximate surface area is 29.0 Å². The number of nitrogens with zero attached hydrogens (tertiary/aromatic N) is 2. The standard InChI is InChI=1S/C2H3N3/c1-3-2-5-4-1/h1-2H,(H,3,4,5)/i1+1,2+1,3+1. The number of nitrogens with one attached hydrogen (secondary N) is 1. The molecule has 0 saturated carbocycles. The van der Waals surface area contributed by atoms with E-state index in [1.54, 1.807) is 0 Å². The summed E-state index contributed by atoms with van der Waals surface area (Å²) in [6.45, 7) is 0. The van der Waals surface area contributed by atoms with E-state index in [0.29, 0.717) is 0 Å². The van der Waals surface area contributed by atoms with Crippen molar-refractivity contribution in [3.05, 3.63) is 12.7 Å². The number of H-pyrrole nitrogens is 1. The molecule has 0 saturated heterocycles. The molecule has 5 heavy (non-hydrogen) atoms. The summed E-state index contributed by atoms with van der Waals surface area (Å²) in [5.41, 5.74) is 0. The summed E-state index contributed by atoms with van der Waals surface area (Å²) in [7, 11) is 0. The molecule has 0 radical (unpaired) electrons. The van der Waals surface area contributed by atoms with Gasteiger partial charge in [0.25, 0.3) is 0 Å². The fraction of sp³-hybridized carbons (Fsp3) is 0. The lowest BCUT2D eigenvalue weighted by Gasteiger charge is -1.46. The second kappa shape index (κ2) is 0.839. The third kappa shape index (κ3) is 0.238. The minimum atomic E-state index is 1.44. The van der Waals surface area contributed by atoms with Gasteiger partial charge in [0.1, 0.15) is 12.7 Å². The first-order valence-electron chi connectivity index (χ1n) is 1.29. The zero-order valence-corrected chi connectivity index (χ0v) is 2.55. The summed E-state index contributed by atoms with van der Waals surface area (Å²) in [4.78, 5) is 3.56. The Bertz CT molecular complexity index is 61.4. The molecule has 0 aliphatic carbocycles. The van der Waals surface area contributed by atoms with E-state index in [-0.39, 0.29) is 0 Å². The Morgan fingerprint density at radius 3 is 2.80 bits per heavy atom. The van der Waals surface area contributed by atoms with Gasteiger partial charge in [0.15, 0.2) is 0 Å². The summed E-state index contributed by atoms with van der Waals surface area (Å²) < 4.78 is 0. The van der Waals surface area contributed by atoms with Crippen LogP contribution in [-0.4, -0.2) is 15.2 Å². The molecule has 1 rings (SSSR count). The van der Waals surface area contributed by atoms with E-state index in [0.717, 1.165) is 0 Å². The first-order chi connectivity index (χ1) is 2.50. The van der Waals surface area contributed by atoms with Crippen LogP contribution in [0.15, 0.2) is 12.7 Å². The van der Waals surface area contributed by atoms with Gasteiger partial charge in [0.05, 0.1) is 0 Å². The zero-order valence-electron chi connectivity index (χ0n) is 2.55. The van der Waals surface area contributed by atoms with Gasteiger partial charge < -0.3 is 0 Å². The third-order valence-corrected chi connectivity index (χ3v) is 0.331. The van der Waals surface area contributed by atoms with Crippen LogP contribution in [0.4, 0.5) is 0 Å². The van der Waals surface area contributed by atoms with Crippen LogP contribution in [0, 0.1) is 0 Å². The Morgan fingerprint density at radius 2 is 2.60 bits per heavy atom. The highest BCUT2D eigenvalue weighted by Gasteiger charge is 1.57. The van der Waals surface area contributed by atoms with Crippen molar-refractivity contribution < 1.29 is 0 Å². The summed E-state index contributed by atoms with van der Waals surface area (Å²) in [6, 6.07) is 0. The molecule has 0 aromatic carbocycles. The van der Waals surface area contributed by atoms with E-state index < -0.39 is 0 Å². The third-order valence-electron chi connectivity index (χ3n) is 0.331. The van der Waals surface area contributed by atoms with E-state index in [9.17, 15) is 0 Å². The summed E-state index contributed by atoms with van der Waals surface area (Å²) in [5.74, 6) is 0. The van der Waals surface area contributed by atoms with Gasteiger partial charge in [-0.3, -0.25) is 5.10 Å². The molecule has 3 nitrogen and oxygen atoms in total. The Kier molecular flexibility index (Phi) is 0.400. The maximum atomic E-state index is 3.56. The molecule has 0 spiro atoms. The monoisotopic (exact) mass is 72.0 g/mol. The highest BCUT2D eigenvalue weighted by Crippen LogP contribution is 1.53. The molecular formula is C2H3N3. The van der Waals surface area contributed by atoms with Crippen molar-refractivity contribution in [1.29, 1.82) is 0 Å². The normalized spacial score (nSPS) is 8.00. The van der Waals surface area contributed by atoms with Crippen LogP contribution < -0.4 is 0 Å².